The molecule has 2 N–H and O–H groups in total. The number of aliphatic hydroxyl groups is 2. The highest BCUT2D eigenvalue weighted by molar-refractivity contribution is 5.49. The molecule has 0 saturated heterocycles. The molecular weight excluding hydrogens is 913 g/mol. The van der Waals surface area contributed by atoms with Gasteiger partial charge in [0.1, 0.15) is 35.6 Å². The minimum absolute atomic E-state index is 0.0112. The first-order chi connectivity index (χ1) is 36.5. The Hall–Kier alpha value is -4.92. The molecule has 0 aliphatic rings. The molecule has 0 heterocycles. The maximum atomic E-state index is 12.8. The Morgan fingerprint density at radius 3 is 0.716 bits per heavy atom. The van der Waals surface area contributed by atoms with Crippen molar-refractivity contribution in [3.63, 3.8) is 0 Å². The van der Waals surface area contributed by atoms with Crippen molar-refractivity contribution >= 4 is 0 Å². The molecule has 0 aliphatic heterocycles. The Morgan fingerprint density at radius 1 is 0.297 bits per heavy atom. The molecule has 6 heteroatoms. The molecule has 6 aromatic carbocycles. The molecular formula is C68H90O6. The Bertz CT molecular complexity index is 1920. The minimum Gasteiger partial charge on any atom is -0.388 e. The Morgan fingerprint density at radius 2 is 0.500 bits per heavy atom. The van der Waals surface area contributed by atoms with Gasteiger partial charge in [-0.2, -0.15) is 0 Å². The predicted octanol–water partition coefficient (Wildman–Crippen LogP) is 16.3. The van der Waals surface area contributed by atoms with Crippen LogP contribution in [0.1, 0.15) is 176 Å². The molecule has 0 fully saturated rings. The van der Waals surface area contributed by atoms with Crippen LogP contribution in [0.4, 0.5) is 0 Å². The summed E-state index contributed by atoms with van der Waals surface area (Å²) in [6.45, 7) is 5.35. The van der Waals surface area contributed by atoms with Gasteiger partial charge in [-0.25, -0.2) is 0 Å². The first-order valence-electron chi connectivity index (χ1n) is 28.7. The zero-order valence-corrected chi connectivity index (χ0v) is 45.1. The van der Waals surface area contributed by atoms with Crippen molar-refractivity contribution in [2.24, 2.45) is 0 Å². The maximum Gasteiger partial charge on any atom is 0.143 e. The number of benzene rings is 6. The summed E-state index contributed by atoms with van der Waals surface area (Å²) in [6, 6.07) is 61.7. The Labute approximate surface area is 446 Å². The van der Waals surface area contributed by atoms with Crippen molar-refractivity contribution in [2.45, 2.75) is 178 Å². The van der Waals surface area contributed by atoms with Crippen LogP contribution in [0.15, 0.2) is 182 Å². The van der Waals surface area contributed by atoms with Gasteiger partial charge in [0.15, 0.2) is 0 Å². The first kappa shape index (κ1) is 58.3. The van der Waals surface area contributed by atoms with Gasteiger partial charge in [0.2, 0.25) is 0 Å². The fourth-order valence-corrected chi connectivity index (χ4v) is 10.5. The van der Waals surface area contributed by atoms with Gasteiger partial charge in [-0.3, -0.25) is 0 Å². The number of rotatable bonds is 39. The van der Waals surface area contributed by atoms with Gasteiger partial charge in [0, 0.05) is 13.2 Å². The number of hydrogen-bond donors (Lipinski definition) is 2. The summed E-state index contributed by atoms with van der Waals surface area (Å²) in [5.74, 6) is 0. The van der Waals surface area contributed by atoms with E-state index in [2.05, 4.69) is 86.6 Å². The van der Waals surface area contributed by atoms with E-state index in [1.54, 1.807) is 0 Å². The van der Waals surface area contributed by atoms with Crippen molar-refractivity contribution < 1.29 is 29.2 Å². The second-order valence-electron chi connectivity index (χ2n) is 20.3. The van der Waals surface area contributed by atoms with Crippen molar-refractivity contribution in [3.8, 4) is 0 Å². The lowest BCUT2D eigenvalue weighted by atomic mass is 9.80. The lowest BCUT2D eigenvalue weighted by molar-refractivity contribution is -0.177. The van der Waals surface area contributed by atoms with Crippen molar-refractivity contribution in [1.29, 1.82) is 0 Å². The van der Waals surface area contributed by atoms with Crippen LogP contribution in [0.5, 0.6) is 0 Å². The second-order valence-corrected chi connectivity index (χ2v) is 20.3. The summed E-state index contributed by atoms with van der Waals surface area (Å²) in [5.41, 5.74) is 3.59. The molecule has 0 aromatic heterocycles. The maximum absolute atomic E-state index is 12.8. The Balaban J connectivity index is 1.29. The molecule has 0 bridgehead atoms. The molecule has 0 spiro atoms. The molecule has 0 radical (unpaired) electrons. The van der Waals surface area contributed by atoms with E-state index in [1.807, 2.05) is 109 Å². The highest BCUT2D eigenvalue weighted by Crippen LogP contribution is 2.42. The lowest BCUT2D eigenvalue weighted by Gasteiger charge is -2.40. The summed E-state index contributed by atoms with van der Waals surface area (Å²) >= 11 is 0. The van der Waals surface area contributed by atoms with Gasteiger partial charge in [-0.15, -0.1) is 0 Å². The summed E-state index contributed by atoms with van der Waals surface area (Å²) in [6.07, 6.45) is 19.4. The number of aliphatic hydroxyl groups excluding tert-OH is 2. The third kappa shape index (κ3) is 17.6. The summed E-state index contributed by atoms with van der Waals surface area (Å²) < 4.78 is 28.3. The SMILES string of the molecule is CCCCCCCCCCCCO[C@H](COC(c1ccccc1)(c1ccccc1)c1ccccc1)[C@@H](O)[C@H](O)[C@@H](COC(c1ccccc1)(c1ccccc1)c1ccccc1)OCCCCCCCCCCCC. The first-order valence-corrected chi connectivity index (χ1v) is 28.7. The van der Waals surface area contributed by atoms with E-state index >= 15 is 0 Å². The van der Waals surface area contributed by atoms with E-state index in [1.165, 1.54) is 89.9 Å². The van der Waals surface area contributed by atoms with E-state index in [0.29, 0.717) is 13.2 Å². The van der Waals surface area contributed by atoms with Gasteiger partial charge >= 0.3 is 0 Å². The third-order valence-corrected chi connectivity index (χ3v) is 14.8. The van der Waals surface area contributed by atoms with Crippen LogP contribution in [0, 0.1) is 0 Å². The van der Waals surface area contributed by atoms with Crippen LogP contribution < -0.4 is 0 Å². The van der Waals surface area contributed by atoms with Gasteiger partial charge in [-0.1, -0.05) is 311 Å². The molecule has 0 aliphatic carbocycles. The van der Waals surface area contributed by atoms with Gasteiger partial charge in [0.25, 0.3) is 0 Å². The average molecular weight is 1000 g/mol. The van der Waals surface area contributed by atoms with E-state index in [9.17, 15) is 10.2 Å². The molecule has 398 valence electrons. The van der Waals surface area contributed by atoms with Crippen LogP contribution in [0.2, 0.25) is 0 Å². The summed E-state index contributed by atoms with van der Waals surface area (Å²) in [4.78, 5) is 0. The summed E-state index contributed by atoms with van der Waals surface area (Å²) in [7, 11) is 0. The highest BCUT2D eigenvalue weighted by Gasteiger charge is 2.43. The van der Waals surface area contributed by atoms with Crippen LogP contribution in [0.25, 0.3) is 0 Å². The molecule has 74 heavy (non-hydrogen) atoms. The fraction of sp³-hybridized carbons (Fsp3) is 0.471. The van der Waals surface area contributed by atoms with E-state index in [4.69, 9.17) is 18.9 Å². The van der Waals surface area contributed by atoms with E-state index in [-0.39, 0.29) is 13.2 Å². The molecule has 0 amide bonds. The monoisotopic (exact) mass is 1000 g/mol. The molecule has 6 aromatic rings. The molecule has 6 rings (SSSR count). The van der Waals surface area contributed by atoms with Crippen LogP contribution in [-0.2, 0) is 30.1 Å². The molecule has 4 atom stereocenters. The zero-order valence-electron chi connectivity index (χ0n) is 45.1. The fourth-order valence-electron chi connectivity index (χ4n) is 10.5. The molecule has 0 saturated carbocycles. The van der Waals surface area contributed by atoms with Crippen molar-refractivity contribution in [1.82, 2.24) is 0 Å². The quantitative estimate of drug-likeness (QED) is 0.0296. The van der Waals surface area contributed by atoms with Gasteiger partial charge in [-0.05, 0) is 46.2 Å². The normalized spacial score (nSPS) is 13.6. The highest BCUT2D eigenvalue weighted by atomic mass is 16.6. The van der Waals surface area contributed by atoms with Crippen LogP contribution in [0.3, 0.4) is 0 Å². The summed E-state index contributed by atoms with van der Waals surface area (Å²) in [5, 5.41) is 25.6. The van der Waals surface area contributed by atoms with Crippen molar-refractivity contribution in [2.75, 3.05) is 26.4 Å². The number of hydrogen-bond acceptors (Lipinski definition) is 6. The Kier molecular flexibility index (Phi) is 26.7. The number of ether oxygens (including phenoxy) is 4. The van der Waals surface area contributed by atoms with Gasteiger partial charge in [0.05, 0.1) is 13.2 Å². The number of unbranched alkanes of at least 4 members (excludes halogenated alkanes) is 18. The van der Waals surface area contributed by atoms with Crippen LogP contribution >= 0.6 is 0 Å². The average Bonchev–Trinajstić information content (AvgIpc) is 3.46. The molecule has 6 nitrogen and oxygen atoms in total. The second kappa shape index (κ2) is 33.9. The minimum atomic E-state index is -1.39. The van der Waals surface area contributed by atoms with Gasteiger partial charge < -0.3 is 29.2 Å². The smallest absolute Gasteiger partial charge is 0.143 e. The van der Waals surface area contributed by atoms with E-state index in [0.717, 1.165) is 71.9 Å². The standard InChI is InChI=1S/C68H90O6/c1-3-5-7-9-11-13-15-17-19-39-53-71-63(55-73-67(57-41-27-21-28-42-57,58-43-29-22-30-44-58)59-45-31-23-32-46-59)65(69)66(70)64(72-54-40-20-18-16-14-12-10-8-6-4-2)56-74-68(60-47-33-24-34-48-60,61-49-35-25-36-50-61)62-51-37-26-38-52-62/h21-38,41-52,63-66,69-70H,3-20,39-40,53-56H2,1-2H3/t63-,64-,65-,66-/m1/s1. The molecule has 0 unspecified atom stereocenters. The lowest BCUT2D eigenvalue weighted by Crippen LogP contribution is -2.51. The van der Waals surface area contributed by atoms with Crippen molar-refractivity contribution in [3.05, 3.63) is 215 Å². The predicted molar refractivity (Wildman–Crippen MR) is 306 cm³/mol. The topological polar surface area (TPSA) is 77.4 Å². The third-order valence-electron chi connectivity index (χ3n) is 14.8. The zero-order chi connectivity index (χ0) is 51.8. The largest absolute Gasteiger partial charge is 0.388 e. The van der Waals surface area contributed by atoms with E-state index < -0.39 is 35.6 Å². The van der Waals surface area contributed by atoms with Crippen LogP contribution in [-0.4, -0.2) is 61.1 Å².